The molecule has 1 aliphatic rings. The number of ether oxygens (including phenoxy) is 2. The number of nitrogens with zero attached hydrogens (tertiary/aromatic N) is 3. The molecule has 1 unspecified atom stereocenters. The summed E-state index contributed by atoms with van der Waals surface area (Å²) >= 11 is 0. The van der Waals surface area contributed by atoms with E-state index in [0.717, 1.165) is 36.4 Å². The van der Waals surface area contributed by atoms with Crippen molar-refractivity contribution in [1.82, 2.24) is 15.0 Å². The summed E-state index contributed by atoms with van der Waals surface area (Å²) in [5, 5.41) is 3.99. The number of nitrogens with two attached hydrogens (primary N) is 1. The van der Waals surface area contributed by atoms with Crippen molar-refractivity contribution in [1.29, 1.82) is 0 Å². The number of aromatic nitrogens is 2. The number of hydrogen-bond acceptors (Lipinski definition) is 7. The Morgan fingerprint density at radius 2 is 2.22 bits per heavy atom. The van der Waals surface area contributed by atoms with Gasteiger partial charge in [0.1, 0.15) is 11.5 Å². The molecule has 23 heavy (non-hydrogen) atoms. The number of likely N-dealkylation sites (tertiary alicyclic amines) is 1. The second-order valence-electron chi connectivity index (χ2n) is 5.54. The van der Waals surface area contributed by atoms with Gasteiger partial charge in [0, 0.05) is 17.7 Å². The molecule has 0 amide bonds. The molecule has 1 atom stereocenters. The minimum Gasteiger partial charge on any atom is -0.497 e. The third-order valence-electron chi connectivity index (χ3n) is 4.19. The molecular weight excluding hydrogens is 296 g/mol. The van der Waals surface area contributed by atoms with Crippen LogP contribution in [0, 0.1) is 0 Å². The molecule has 2 aromatic rings. The fourth-order valence-electron chi connectivity index (χ4n) is 3.08. The quantitative estimate of drug-likeness (QED) is 0.870. The first kappa shape index (κ1) is 15.8. The Morgan fingerprint density at radius 1 is 1.35 bits per heavy atom. The van der Waals surface area contributed by atoms with E-state index in [-0.39, 0.29) is 12.6 Å². The molecule has 7 heteroatoms. The lowest BCUT2D eigenvalue weighted by Gasteiger charge is -2.25. The maximum atomic E-state index is 5.55. The largest absolute Gasteiger partial charge is 0.497 e. The first-order chi connectivity index (χ1) is 11.2. The Hall–Kier alpha value is -2.12. The van der Waals surface area contributed by atoms with Crippen LogP contribution >= 0.6 is 0 Å². The molecule has 1 aromatic heterocycles. The molecule has 1 fully saturated rings. The highest BCUT2D eigenvalue weighted by Crippen LogP contribution is 2.39. The van der Waals surface area contributed by atoms with Crippen LogP contribution < -0.4 is 15.2 Å². The molecular formula is C16H22N4O3. The van der Waals surface area contributed by atoms with Gasteiger partial charge in [0.05, 0.1) is 27.3 Å². The van der Waals surface area contributed by atoms with Crippen molar-refractivity contribution >= 4 is 0 Å². The summed E-state index contributed by atoms with van der Waals surface area (Å²) in [7, 11) is 3.34. The second kappa shape index (κ2) is 6.97. The normalized spacial score (nSPS) is 18.3. The zero-order valence-electron chi connectivity index (χ0n) is 13.5. The number of rotatable bonds is 6. The van der Waals surface area contributed by atoms with Gasteiger partial charge >= 0.3 is 0 Å². The molecule has 2 heterocycles. The van der Waals surface area contributed by atoms with Gasteiger partial charge in [0.25, 0.3) is 0 Å². The highest BCUT2D eigenvalue weighted by Gasteiger charge is 2.29. The van der Waals surface area contributed by atoms with E-state index in [1.165, 1.54) is 0 Å². The number of benzene rings is 1. The summed E-state index contributed by atoms with van der Waals surface area (Å²) in [4.78, 5) is 6.64. The van der Waals surface area contributed by atoms with E-state index >= 15 is 0 Å². The molecule has 0 radical (unpaired) electrons. The Bertz CT molecular complexity index is 659. The third kappa shape index (κ3) is 3.30. The molecule has 1 aliphatic heterocycles. The minimum absolute atomic E-state index is 0.267. The van der Waals surface area contributed by atoms with Crippen LogP contribution in [0.1, 0.15) is 36.2 Å². The van der Waals surface area contributed by atoms with E-state index in [9.17, 15) is 0 Å². The summed E-state index contributed by atoms with van der Waals surface area (Å²) in [6, 6.07) is 6.24. The molecule has 1 saturated heterocycles. The van der Waals surface area contributed by atoms with Gasteiger partial charge in [-0.1, -0.05) is 11.2 Å². The number of methoxy groups -OCH3 is 2. The van der Waals surface area contributed by atoms with Crippen molar-refractivity contribution in [2.75, 3.05) is 20.8 Å². The maximum Gasteiger partial charge on any atom is 0.240 e. The van der Waals surface area contributed by atoms with Crippen LogP contribution in [0.5, 0.6) is 11.5 Å². The highest BCUT2D eigenvalue weighted by molar-refractivity contribution is 5.42. The predicted molar refractivity (Wildman–Crippen MR) is 84.1 cm³/mol. The average molecular weight is 318 g/mol. The van der Waals surface area contributed by atoms with Gasteiger partial charge in [-0.2, -0.15) is 4.98 Å². The van der Waals surface area contributed by atoms with Gasteiger partial charge in [0.2, 0.25) is 5.89 Å². The Morgan fingerprint density at radius 3 is 2.91 bits per heavy atom. The molecule has 2 N–H and O–H groups in total. The molecule has 124 valence electrons. The summed E-state index contributed by atoms with van der Waals surface area (Å²) in [6.45, 7) is 1.90. The monoisotopic (exact) mass is 318 g/mol. The zero-order chi connectivity index (χ0) is 16.2. The van der Waals surface area contributed by atoms with Crippen molar-refractivity contribution in [2.45, 2.75) is 32.0 Å². The number of hydrogen-bond donors (Lipinski definition) is 1. The molecule has 3 rings (SSSR count). The minimum atomic E-state index is 0.267. The van der Waals surface area contributed by atoms with Crippen LogP contribution in [0.4, 0.5) is 0 Å². The van der Waals surface area contributed by atoms with Crippen LogP contribution in [-0.2, 0) is 13.1 Å². The fourth-order valence-corrected chi connectivity index (χ4v) is 3.08. The van der Waals surface area contributed by atoms with E-state index in [1.807, 2.05) is 12.1 Å². The summed E-state index contributed by atoms with van der Waals surface area (Å²) < 4.78 is 15.9. The van der Waals surface area contributed by atoms with Gasteiger partial charge in [-0.05, 0) is 25.5 Å². The zero-order valence-corrected chi connectivity index (χ0v) is 13.5. The topological polar surface area (TPSA) is 86.6 Å². The van der Waals surface area contributed by atoms with Crippen molar-refractivity contribution in [3.8, 4) is 11.5 Å². The lowest BCUT2D eigenvalue weighted by Crippen LogP contribution is -2.23. The van der Waals surface area contributed by atoms with Crippen molar-refractivity contribution in [3.63, 3.8) is 0 Å². The van der Waals surface area contributed by atoms with Gasteiger partial charge in [-0.15, -0.1) is 0 Å². The summed E-state index contributed by atoms with van der Waals surface area (Å²) in [6.07, 6.45) is 2.20. The molecule has 1 aromatic carbocycles. The highest BCUT2D eigenvalue weighted by atomic mass is 16.5. The third-order valence-corrected chi connectivity index (χ3v) is 4.19. The SMILES string of the molecule is COc1ccc(C2CCCN2Cc2noc(CN)n2)c(OC)c1. The second-order valence-corrected chi connectivity index (χ2v) is 5.54. The Balaban J connectivity index is 1.81. The summed E-state index contributed by atoms with van der Waals surface area (Å²) in [5.74, 6) is 2.78. The smallest absolute Gasteiger partial charge is 0.240 e. The van der Waals surface area contributed by atoms with Crippen molar-refractivity contribution in [2.24, 2.45) is 5.73 Å². The lowest BCUT2D eigenvalue weighted by molar-refractivity contribution is 0.233. The Kier molecular flexibility index (Phi) is 4.78. The lowest BCUT2D eigenvalue weighted by atomic mass is 10.0. The molecule has 7 nitrogen and oxygen atoms in total. The van der Waals surface area contributed by atoms with Crippen LogP contribution in [0.25, 0.3) is 0 Å². The van der Waals surface area contributed by atoms with Gasteiger partial charge in [-0.25, -0.2) is 0 Å². The van der Waals surface area contributed by atoms with Crippen LogP contribution in [0.2, 0.25) is 0 Å². The molecule has 0 spiro atoms. The molecule has 0 bridgehead atoms. The van der Waals surface area contributed by atoms with Crippen molar-refractivity contribution < 1.29 is 14.0 Å². The maximum absolute atomic E-state index is 5.55. The van der Waals surface area contributed by atoms with Crippen LogP contribution in [0.15, 0.2) is 22.7 Å². The molecule has 0 aliphatic carbocycles. The van der Waals surface area contributed by atoms with E-state index < -0.39 is 0 Å². The van der Waals surface area contributed by atoms with Crippen molar-refractivity contribution in [3.05, 3.63) is 35.5 Å². The average Bonchev–Trinajstić information content (AvgIpc) is 3.23. The van der Waals surface area contributed by atoms with E-state index in [0.29, 0.717) is 18.3 Å². The Labute approximate surface area is 135 Å². The van der Waals surface area contributed by atoms with E-state index in [4.69, 9.17) is 19.7 Å². The predicted octanol–water partition coefficient (Wildman–Crippen LogP) is 1.88. The van der Waals surface area contributed by atoms with Gasteiger partial charge < -0.3 is 19.7 Å². The standard InChI is InChI=1S/C16H22N4O3/c1-21-11-5-6-12(14(8-11)22-2)13-4-3-7-20(13)10-15-18-16(9-17)23-19-15/h5-6,8,13H,3-4,7,9-10,17H2,1-2H3. The van der Waals surface area contributed by atoms with Crippen LogP contribution in [0.3, 0.4) is 0 Å². The van der Waals surface area contributed by atoms with E-state index in [1.54, 1.807) is 14.2 Å². The van der Waals surface area contributed by atoms with E-state index in [2.05, 4.69) is 21.1 Å². The fraction of sp³-hybridized carbons (Fsp3) is 0.500. The van der Waals surface area contributed by atoms with Gasteiger partial charge in [-0.3, -0.25) is 4.90 Å². The first-order valence-electron chi connectivity index (χ1n) is 7.72. The first-order valence-corrected chi connectivity index (χ1v) is 7.72. The van der Waals surface area contributed by atoms with Crippen LogP contribution in [-0.4, -0.2) is 35.8 Å². The summed E-state index contributed by atoms with van der Waals surface area (Å²) in [5.41, 5.74) is 6.68. The van der Waals surface area contributed by atoms with Gasteiger partial charge in [0.15, 0.2) is 5.82 Å². The molecule has 0 saturated carbocycles.